The highest BCUT2D eigenvalue weighted by molar-refractivity contribution is 5.69. The molecule has 64 valence electrons. The van der Waals surface area contributed by atoms with Gasteiger partial charge in [-0.1, -0.05) is 37.3 Å². The lowest BCUT2D eigenvalue weighted by Crippen LogP contribution is -2.11. The Hall–Kier alpha value is -1.31. The van der Waals surface area contributed by atoms with Gasteiger partial charge in [-0.15, -0.1) is 0 Å². The van der Waals surface area contributed by atoms with Crippen molar-refractivity contribution in [1.82, 2.24) is 0 Å². The first-order valence-electron chi connectivity index (χ1n) is 4.30. The lowest BCUT2D eigenvalue weighted by Gasteiger charge is -2.04. The first-order chi connectivity index (χ1) is 6.02. The number of hydrogen-bond acceptors (Lipinski definition) is 1. The van der Waals surface area contributed by atoms with Gasteiger partial charge in [0.2, 0.25) is 0 Å². The number of hydrogen-bond donors (Lipinski definition) is 1. The molecule has 0 aliphatic heterocycles. The molecule has 0 fully saturated rings. The maximum absolute atomic E-state index is 10.6. The third-order valence-corrected chi connectivity index (χ3v) is 1.68. The minimum atomic E-state index is -1.43. The van der Waals surface area contributed by atoms with E-state index in [9.17, 15) is 4.79 Å². The van der Waals surface area contributed by atoms with Gasteiger partial charge in [0.25, 0.3) is 0 Å². The lowest BCUT2D eigenvalue weighted by molar-refractivity contribution is -0.141. The average molecular weight is 165 g/mol. The smallest absolute Gasteiger partial charge is 0.306 e. The first kappa shape index (κ1) is 7.35. The molecule has 12 heavy (non-hydrogen) atoms. The molecule has 1 aromatic rings. The van der Waals surface area contributed by atoms with E-state index in [0.717, 1.165) is 5.56 Å². The summed E-state index contributed by atoms with van der Waals surface area (Å²) < 4.78 is 7.52. The van der Waals surface area contributed by atoms with Crippen LogP contribution in [0.5, 0.6) is 0 Å². The zero-order valence-electron chi connectivity index (χ0n) is 7.95. The molecule has 0 aliphatic rings. The molecule has 1 atom stereocenters. The van der Waals surface area contributed by atoms with Crippen LogP contribution in [0.2, 0.25) is 0 Å². The second-order valence-electron chi connectivity index (χ2n) is 2.75. The molecular weight excluding hydrogens is 152 g/mol. The third-order valence-electron chi connectivity index (χ3n) is 1.68. The van der Waals surface area contributed by atoms with Crippen molar-refractivity contribution in [3.63, 3.8) is 0 Å². The number of carboxylic acids is 1. The van der Waals surface area contributed by atoms with Crippen LogP contribution in [-0.4, -0.2) is 11.1 Å². The van der Waals surface area contributed by atoms with Crippen LogP contribution < -0.4 is 0 Å². The molecule has 0 saturated heterocycles. The molecule has 0 saturated carbocycles. The highest BCUT2D eigenvalue weighted by Gasteiger charge is 2.10. The SMILES string of the molecule is [2H][C@@](C)(Cc1ccccc1)C(=O)O. The molecule has 2 nitrogen and oxygen atoms in total. The molecule has 0 heterocycles. The Bertz CT molecular complexity index is 293. The Morgan fingerprint density at radius 2 is 2.17 bits per heavy atom. The van der Waals surface area contributed by atoms with Crippen LogP contribution in [0.1, 0.15) is 13.9 Å². The van der Waals surface area contributed by atoms with Crippen molar-refractivity contribution in [3.05, 3.63) is 35.9 Å². The maximum atomic E-state index is 10.6. The predicted molar refractivity (Wildman–Crippen MR) is 46.9 cm³/mol. The van der Waals surface area contributed by atoms with Crippen LogP contribution in [-0.2, 0) is 11.2 Å². The molecular formula is C10H12O2. The summed E-state index contributed by atoms with van der Waals surface area (Å²) in [4.78, 5) is 10.6. The Kier molecular flexibility index (Phi) is 2.39. The lowest BCUT2D eigenvalue weighted by atomic mass is 10.0. The van der Waals surface area contributed by atoms with Crippen molar-refractivity contribution in [3.8, 4) is 0 Å². The molecule has 1 rings (SSSR count). The van der Waals surface area contributed by atoms with Gasteiger partial charge in [0.15, 0.2) is 0 Å². The van der Waals surface area contributed by atoms with E-state index in [1.165, 1.54) is 6.92 Å². The van der Waals surface area contributed by atoms with Crippen molar-refractivity contribution in [2.24, 2.45) is 5.89 Å². The van der Waals surface area contributed by atoms with E-state index in [1.54, 1.807) is 0 Å². The average Bonchev–Trinajstić information content (AvgIpc) is 2.05. The molecule has 0 amide bonds. The van der Waals surface area contributed by atoms with Gasteiger partial charge in [0, 0.05) is 1.37 Å². The Balaban J connectivity index is 2.75. The predicted octanol–water partition coefficient (Wildman–Crippen LogP) is 1.95. The summed E-state index contributed by atoms with van der Waals surface area (Å²) in [7, 11) is 0. The number of benzene rings is 1. The summed E-state index contributed by atoms with van der Waals surface area (Å²) in [5.74, 6) is -2.52. The summed E-state index contributed by atoms with van der Waals surface area (Å²) in [6.07, 6.45) is 0.239. The van der Waals surface area contributed by atoms with Crippen molar-refractivity contribution >= 4 is 5.97 Å². The molecule has 0 bridgehead atoms. The highest BCUT2D eigenvalue weighted by atomic mass is 16.4. The summed E-state index contributed by atoms with van der Waals surface area (Å²) in [6.45, 7) is 1.41. The Labute approximate surface area is 73.3 Å². The van der Waals surface area contributed by atoms with Gasteiger partial charge < -0.3 is 5.11 Å². The molecule has 0 spiro atoms. The number of carboxylic acid groups (broad SMARTS) is 1. The summed E-state index contributed by atoms with van der Waals surface area (Å²) in [5, 5.41) is 8.72. The fraction of sp³-hybridized carbons (Fsp3) is 0.300. The summed E-state index contributed by atoms with van der Waals surface area (Å²) in [6, 6.07) is 9.21. The van der Waals surface area contributed by atoms with E-state index in [2.05, 4.69) is 0 Å². The minimum absolute atomic E-state index is 0.239. The van der Waals surface area contributed by atoms with Crippen LogP contribution in [0.3, 0.4) is 0 Å². The van der Waals surface area contributed by atoms with E-state index in [4.69, 9.17) is 6.48 Å². The fourth-order valence-electron chi connectivity index (χ4n) is 0.978. The molecule has 1 N–H and O–H groups in total. The quantitative estimate of drug-likeness (QED) is 0.743. The minimum Gasteiger partial charge on any atom is -0.481 e. The number of rotatable bonds is 3. The van der Waals surface area contributed by atoms with E-state index < -0.39 is 11.9 Å². The molecule has 0 aromatic heterocycles. The van der Waals surface area contributed by atoms with E-state index in [1.807, 2.05) is 30.3 Å². The zero-order chi connectivity index (χ0) is 9.90. The second-order valence-corrected chi connectivity index (χ2v) is 2.75. The number of aliphatic carboxylic acids is 1. The van der Waals surface area contributed by atoms with Gasteiger partial charge in [-0.25, -0.2) is 0 Å². The van der Waals surface area contributed by atoms with Crippen LogP contribution in [0.4, 0.5) is 0 Å². The van der Waals surface area contributed by atoms with E-state index in [0.29, 0.717) is 0 Å². The van der Waals surface area contributed by atoms with Crippen LogP contribution in [0.15, 0.2) is 30.3 Å². The van der Waals surface area contributed by atoms with E-state index in [-0.39, 0.29) is 6.42 Å². The van der Waals surface area contributed by atoms with Crippen molar-refractivity contribution in [2.45, 2.75) is 13.3 Å². The topological polar surface area (TPSA) is 37.3 Å². The molecule has 0 unspecified atom stereocenters. The van der Waals surface area contributed by atoms with Crippen molar-refractivity contribution < 1.29 is 11.3 Å². The molecule has 0 radical (unpaired) electrons. The Morgan fingerprint density at radius 1 is 1.58 bits per heavy atom. The van der Waals surface area contributed by atoms with Crippen LogP contribution in [0, 0.1) is 5.89 Å². The monoisotopic (exact) mass is 165 g/mol. The summed E-state index contributed by atoms with van der Waals surface area (Å²) >= 11 is 0. The molecule has 0 aliphatic carbocycles. The second kappa shape index (κ2) is 3.90. The fourth-order valence-corrected chi connectivity index (χ4v) is 0.978. The van der Waals surface area contributed by atoms with Gasteiger partial charge >= 0.3 is 5.97 Å². The highest BCUT2D eigenvalue weighted by Crippen LogP contribution is 2.07. The normalized spacial score (nSPS) is 16.2. The first-order valence-corrected chi connectivity index (χ1v) is 3.80. The summed E-state index contributed by atoms with van der Waals surface area (Å²) in [5.41, 5.74) is 0.877. The van der Waals surface area contributed by atoms with Crippen molar-refractivity contribution in [1.29, 1.82) is 0 Å². The van der Waals surface area contributed by atoms with Crippen molar-refractivity contribution in [2.75, 3.05) is 0 Å². The Morgan fingerprint density at radius 3 is 2.67 bits per heavy atom. The van der Waals surface area contributed by atoms with Gasteiger partial charge in [-0.3, -0.25) is 4.79 Å². The van der Waals surface area contributed by atoms with Crippen LogP contribution in [0.25, 0.3) is 0 Å². The molecule has 2 heteroatoms. The van der Waals surface area contributed by atoms with Crippen LogP contribution >= 0.6 is 0 Å². The van der Waals surface area contributed by atoms with Gasteiger partial charge in [-0.2, -0.15) is 0 Å². The molecule has 1 aromatic carbocycles. The zero-order valence-corrected chi connectivity index (χ0v) is 6.95. The maximum Gasteiger partial charge on any atom is 0.306 e. The largest absolute Gasteiger partial charge is 0.481 e. The number of carbonyl (C=O) groups is 1. The van der Waals surface area contributed by atoms with Gasteiger partial charge in [-0.05, 0) is 12.0 Å². The van der Waals surface area contributed by atoms with E-state index >= 15 is 0 Å². The van der Waals surface area contributed by atoms with Gasteiger partial charge in [0.1, 0.15) is 0 Å². The third kappa shape index (κ3) is 2.38. The van der Waals surface area contributed by atoms with Gasteiger partial charge in [0.05, 0.1) is 5.89 Å². The standard InChI is InChI=1S/C10H12O2/c1-8(10(11)12)7-9-5-3-2-4-6-9/h2-6,8H,7H2,1H3,(H,11,12)/t8-/m1/s1/i8D.